The van der Waals surface area contributed by atoms with Crippen LogP contribution in [0.4, 0.5) is 5.69 Å². The lowest BCUT2D eigenvalue weighted by molar-refractivity contribution is 0.102. The molecule has 0 aliphatic rings. The first-order chi connectivity index (χ1) is 10.3. The number of rotatable bonds is 4. The van der Waals surface area contributed by atoms with E-state index in [0.717, 1.165) is 6.26 Å². The van der Waals surface area contributed by atoms with Crippen LogP contribution in [0.5, 0.6) is 5.75 Å². The van der Waals surface area contributed by atoms with Crippen LogP contribution in [0.25, 0.3) is 0 Å². The van der Waals surface area contributed by atoms with Gasteiger partial charge in [-0.1, -0.05) is 17.7 Å². The average molecular weight is 340 g/mol. The predicted molar refractivity (Wildman–Crippen MR) is 85.5 cm³/mol. The Morgan fingerprint density at radius 1 is 1.14 bits per heavy atom. The topological polar surface area (TPSA) is 72.5 Å². The van der Waals surface area contributed by atoms with Gasteiger partial charge in [-0.15, -0.1) is 0 Å². The number of nitrogens with one attached hydrogen (secondary N) is 1. The van der Waals surface area contributed by atoms with Gasteiger partial charge in [-0.2, -0.15) is 0 Å². The fraction of sp³-hybridized carbons (Fsp3) is 0.133. The highest BCUT2D eigenvalue weighted by atomic mass is 35.5. The zero-order chi connectivity index (χ0) is 16.3. The van der Waals surface area contributed by atoms with Crippen LogP contribution in [0.2, 0.25) is 5.02 Å². The van der Waals surface area contributed by atoms with Crippen LogP contribution in [0.1, 0.15) is 10.4 Å². The normalized spacial score (nSPS) is 11.0. The van der Waals surface area contributed by atoms with Crippen molar-refractivity contribution >= 4 is 33.0 Å². The molecule has 2 rings (SSSR count). The first-order valence-electron chi connectivity index (χ1n) is 6.27. The van der Waals surface area contributed by atoms with Crippen molar-refractivity contribution in [1.29, 1.82) is 0 Å². The number of ether oxygens (including phenoxy) is 1. The van der Waals surface area contributed by atoms with Gasteiger partial charge in [0.25, 0.3) is 5.91 Å². The number of carbonyl (C=O) groups excluding carboxylic acids is 1. The van der Waals surface area contributed by atoms with E-state index < -0.39 is 9.84 Å². The van der Waals surface area contributed by atoms with Gasteiger partial charge >= 0.3 is 0 Å². The van der Waals surface area contributed by atoms with E-state index in [-0.39, 0.29) is 10.8 Å². The standard InChI is InChI=1S/C15H14ClNO4S/c1-21-14-12(16)4-3-5-13(14)17-15(18)10-6-8-11(9-7-10)22(2,19)20/h3-9H,1-2H3,(H,17,18). The third-order valence-electron chi connectivity index (χ3n) is 2.96. The Labute approximate surface area is 133 Å². The summed E-state index contributed by atoms with van der Waals surface area (Å²) >= 11 is 5.99. The van der Waals surface area contributed by atoms with Gasteiger partial charge < -0.3 is 10.1 Å². The van der Waals surface area contributed by atoms with E-state index in [9.17, 15) is 13.2 Å². The van der Waals surface area contributed by atoms with Crippen molar-refractivity contribution in [3.05, 3.63) is 53.1 Å². The van der Waals surface area contributed by atoms with E-state index in [4.69, 9.17) is 16.3 Å². The lowest BCUT2D eigenvalue weighted by atomic mass is 10.2. The van der Waals surface area contributed by atoms with Gasteiger partial charge in [-0.05, 0) is 36.4 Å². The second-order valence-corrected chi connectivity index (χ2v) is 6.99. The Kier molecular flexibility index (Phi) is 4.73. The van der Waals surface area contributed by atoms with Crippen LogP contribution in [-0.2, 0) is 9.84 Å². The van der Waals surface area contributed by atoms with E-state index in [1.807, 2.05) is 0 Å². The molecule has 0 unspecified atom stereocenters. The van der Waals surface area contributed by atoms with E-state index in [2.05, 4.69) is 5.32 Å². The van der Waals surface area contributed by atoms with Gasteiger partial charge in [0.2, 0.25) is 0 Å². The molecule has 0 saturated carbocycles. The minimum atomic E-state index is -3.29. The average Bonchev–Trinajstić information content (AvgIpc) is 2.47. The summed E-state index contributed by atoms with van der Waals surface area (Å²) in [5, 5.41) is 3.06. The summed E-state index contributed by atoms with van der Waals surface area (Å²) in [5.74, 6) is -0.0223. The third kappa shape index (κ3) is 3.58. The Bertz CT molecular complexity index is 801. The molecule has 1 amide bonds. The first-order valence-corrected chi connectivity index (χ1v) is 8.54. The quantitative estimate of drug-likeness (QED) is 0.929. The van der Waals surface area contributed by atoms with Crippen molar-refractivity contribution in [1.82, 2.24) is 0 Å². The SMILES string of the molecule is COc1c(Cl)cccc1NC(=O)c1ccc(S(C)(=O)=O)cc1. The Morgan fingerprint density at radius 2 is 1.77 bits per heavy atom. The van der Waals surface area contributed by atoms with Gasteiger partial charge in [0.05, 0.1) is 22.7 Å². The van der Waals surface area contributed by atoms with Crippen LogP contribution in [0, 0.1) is 0 Å². The number of halogens is 1. The zero-order valence-corrected chi connectivity index (χ0v) is 13.5. The molecular weight excluding hydrogens is 326 g/mol. The van der Waals surface area contributed by atoms with Gasteiger partial charge in [-0.25, -0.2) is 8.42 Å². The lowest BCUT2D eigenvalue weighted by Gasteiger charge is -2.11. The predicted octanol–water partition coefficient (Wildman–Crippen LogP) is 3.00. The molecule has 0 saturated heterocycles. The van der Waals surface area contributed by atoms with Crippen molar-refractivity contribution in [2.24, 2.45) is 0 Å². The molecule has 0 bridgehead atoms. The fourth-order valence-corrected chi connectivity index (χ4v) is 2.74. The highest BCUT2D eigenvalue weighted by molar-refractivity contribution is 7.90. The lowest BCUT2D eigenvalue weighted by Crippen LogP contribution is -2.13. The van der Waals surface area contributed by atoms with Crippen molar-refractivity contribution < 1.29 is 17.9 Å². The Hall–Kier alpha value is -2.05. The minimum absolute atomic E-state index is 0.157. The zero-order valence-electron chi connectivity index (χ0n) is 12.0. The molecule has 0 aromatic heterocycles. The number of carbonyl (C=O) groups is 1. The highest BCUT2D eigenvalue weighted by Crippen LogP contribution is 2.32. The summed E-state index contributed by atoms with van der Waals surface area (Å²) < 4.78 is 27.9. The monoisotopic (exact) mass is 339 g/mol. The summed E-state index contributed by atoms with van der Waals surface area (Å²) in [7, 11) is -1.83. The summed E-state index contributed by atoms with van der Waals surface area (Å²) in [6, 6.07) is 10.7. The number of benzene rings is 2. The molecule has 0 fully saturated rings. The molecule has 0 atom stereocenters. The molecule has 5 nitrogen and oxygen atoms in total. The molecular formula is C15H14ClNO4S. The number of hydrogen-bond acceptors (Lipinski definition) is 4. The summed E-state index contributed by atoms with van der Waals surface area (Å²) in [6.45, 7) is 0. The van der Waals surface area contributed by atoms with Crippen LogP contribution < -0.4 is 10.1 Å². The number of anilines is 1. The fourth-order valence-electron chi connectivity index (χ4n) is 1.86. The van der Waals surface area contributed by atoms with Crippen LogP contribution in [0.3, 0.4) is 0 Å². The van der Waals surface area contributed by atoms with E-state index in [1.54, 1.807) is 18.2 Å². The number of para-hydroxylation sites is 1. The number of methoxy groups -OCH3 is 1. The smallest absolute Gasteiger partial charge is 0.255 e. The molecule has 0 heterocycles. The van der Waals surface area contributed by atoms with E-state index >= 15 is 0 Å². The summed E-state index contributed by atoms with van der Waals surface area (Å²) in [4.78, 5) is 12.4. The van der Waals surface area contributed by atoms with Crippen molar-refractivity contribution in [3.63, 3.8) is 0 Å². The van der Waals surface area contributed by atoms with Crippen molar-refractivity contribution in [2.75, 3.05) is 18.7 Å². The third-order valence-corrected chi connectivity index (χ3v) is 4.39. The maximum atomic E-state index is 12.2. The van der Waals surface area contributed by atoms with Gasteiger partial charge in [-0.3, -0.25) is 4.79 Å². The van der Waals surface area contributed by atoms with Gasteiger partial charge in [0.1, 0.15) is 0 Å². The van der Waals surface area contributed by atoms with Crippen LogP contribution in [-0.4, -0.2) is 27.7 Å². The summed E-state index contributed by atoms with van der Waals surface area (Å²) in [5.41, 5.74) is 0.765. The molecule has 0 spiro atoms. The number of sulfone groups is 1. The molecule has 2 aromatic carbocycles. The molecule has 116 valence electrons. The van der Waals surface area contributed by atoms with Crippen molar-refractivity contribution in [3.8, 4) is 5.75 Å². The number of amides is 1. The highest BCUT2D eigenvalue weighted by Gasteiger charge is 2.13. The second kappa shape index (κ2) is 6.37. The molecule has 22 heavy (non-hydrogen) atoms. The van der Waals surface area contributed by atoms with Gasteiger partial charge in [0.15, 0.2) is 15.6 Å². The number of hydrogen-bond donors (Lipinski definition) is 1. The van der Waals surface area contributed by atoms with Crippen LogP contribution in [0.15, 0.2) is 47.4 Å². The van der Waals surface area contributed by atoms with Crippen LogP contribution >= 0.6 is 11.6 Å². The summed E-state index contributed by atoms with van der Waals surface area (Å²) in [6.07, 6.45) is 1.11. The van der Waals surface area contributed by atoms with Crippen molar-refractivity contribution in [2.45, 2.75) is 4.90 Å². The Balaban J connectivity index is 2.25. The van der Waals surface area contributed by atoms with E-state index in [0.29, 0.717) is 22.0 Å². The van der Waals surface area contributed by atoms with Gasteiger partial charge in [0, 0.05) is 11.8 Å². The first kappa shape index (κ1) is 16.3. The minimum Gasteiger partial charge on any atom is -0.493 e. The molecule has 7 heteroatoms. The van der Waals surface area contributed by atoms with E-state index in [1.165, 1.54) is 31.4 Å². The Morgan fingerprint density at radius 3 is 2.32 bits per heavy atom. The second-order valence-electron chi connectivity index (χ2n) is 4.57. The molecule has 0 radical (unpaired) electrons. The maximum Gasteiger partial charge on any atom is 0.255 e. The molecule has 0 aliphatic carbocycles. The molecule has 0 aliphatic heterocycles. The molecule has 1 N–H and O–H groups in total. The largest absolute Gasteiger partial charge is 0.493 e. The molecule has 2 aromatic rings. The maximum absolute atomic E-state index is 12.2.